The van der Waals surface area contributed by atoms with Gasteiger partial charge in [0.1, 0.15) is 29.7 Å². The number of hydrogen-bond donors (Lipinski definition) is 2. The van der Waals surface area contributed by atoms with Crippen LogP contribution in [0.15, 0.2) is 72.8 Å². The number of para-hydroxylation sites is 2. The maximum absolute atomic E-state index is 12.4. The molecule has 0 aromatic heterocycles. The van der Waals surface area contributed by atoms with E-state index in [1.165, 1.54) is 0 Å². The predicted octanol–water partition coefficient (Wildman–Crippen LogP) is 4.66. The van der Waals surface area contributed by atoms with Crippen LogP contribution in [0.1, 0.15) is 18.1 Å². The van der Waals surface area contributed by atoms with Gasteiger partial charge in [0.05, 0.1) is 16.8 Å². The van der Waals surface area contributed by atoms with Crippen LogP contribution < -0.4 is 15.4 Å². The highest BCUT2D eigenvalue weighted by Crippen LogP contribution is 2.26. The number of carbonyl (C=O) groups is 1. The Morgan fingerprint density at radius 3 is 2.21 bits per heavy atom. The molecular formula is C23H18N4O2. The second-order valence-corrected chi connectivity index (χ2v) is 6.25. The largest absolute Gasteiger partial charge is 0.456 e. The van der Waals surface area contributed by atoms with Crippen LogP contribution in [-0.2, 0) is 4.79 Å². The van der Waals surface area contributed by atoms with Gasteiger partial charge in [0, 0.05) is 5.69 Å². The molecule has 0 spiro atoms. The molecule has 2 N–H and O–H groups in total. The van der Waals surface area contributed by atoms with E-state index in [2.05, 4.69) is 22.8 Å². The Bertz CT molecular complexity index is 1090. The summed E-state index contributed by atoms with van der Waals surface area (Å²) in [5.74, 6) is 0.814. The fourth-order valence-electron chi connectivity index (χ4n) is 2.64. The summed E-state index contributed by atoms with van der Waals surface area (Å²) >= 11 is 0. The standard InChI is InChI=1S/C23H18N4O2/c1-16(23(28)27-21-8-4-2-6-17(21)14-24)26-19-10-12-20(13-11-19)29-22-9-5-3-7-18(22)15-25/h2-13,16,26H,1H3,(H,27,28). The first-order chi connectivity index (χ1) is 14.1. The molecule has 0 radical (unpaired) electrons. The van der Waals surface area contributed by atoms with Gasteiger partial charge in [0.15, 0.2) is 0 Å². The van der Waals surface area contributed by atoms with Crippen LogP contribution in [0, 0.1) is 22.7 Å². The fraction of sp³-hybridized carbons (Fsp3) is 0.0870. The van der Waals surface area contributed by atoms with Gasteiger partial charge in [0.2, 0.25) is 5.91 Å². The summed E-state index contributed by atoms with van der Waals surface area (Å²) in [5, 5.41) is 24.1. The molecule has 1 unspecified atom stereocenters. The third kappa shape index (κ3) is 4.91. The molecule has 0 bridgehead atoms. The first-order valence-corrected chi connectivity index (χ1v) is 8.94. The normalized spacial score (nSPS) is 10.9. The molecule has 0 aliphatic carbocycles. The highest BCUT2D eigenvalue weighted by molar-refractivity contribution is 5.97. The molecule has 6 nitrogen and oxygen atoms in total. The van der Waals surface area contributed by atoms with Crippen LogP contribution in [0.4, 0.5) is 11.4 Å². The maximum atomic E-state index is 12.4. The Labute approximate surface area is 169 Å². The van der Waals surface area contributed by atoms with E-state index < -0.39 is 6.04 Å². The molecule has 1 amide bonds. The van der Waals surface area contributed by atoms with E-state index in [9.17, 15) is 4.79 Å². The Morgan fingerprint density at radius 2 is 1.52 bits per heavy atom. The van der Waals surface area contributed by atoms with E-state index in [-0.39, 0.29) is 5.91 Å². The molecule has 0 saturated heterocycles. The predicted molar refractivity (Wildman–Crippen MR) is 111 cm³/mol. The SMILES string of the molecule is CC(Nc1ccc(Oc2ccccc2C#N)cc1)C(=O)Nc1ccccc1C#N. The molecular weight excluding hydrogens is 364 g/mol. The summed E-state index contributed by atoms with van der Waals surface area (Å²) < 4.78 is 5.75. The van der Waals surface area contributed by atoms with Crippen molar-refractivity contribution in [3.05, 3.63) is 83.9 Å². The van der Waals surface area contributed by atoms with Crippen molar-refractivity contribution >= 4 is 17.3 Å². The van der Waals surface area contributed by atoms with Crippen LogP contribution >= 0.6 is 0 Å². The number of nitrogens with one attached hydrogen (secondary N) is 2. The minimum absolute atomic E-state index is 0.254. The molecule has 3 aromatic rings. The van der Waals surface area contributed by atoms with E-state index in [4.69, 9.17) is 15.3 Å². The van der Waals surface area contributed by atoms with Crippen molar-refractivity contribution in [2.75, 3.05) is 10.6 Å². The van der Waals surface area contributed by atoms with Gasteiger partial charge in [-0.25, -0.2) is 0 Å². The third-order valence-electron chi connectivity index (χ3n) is 4.17. The Morgan fingerprint density at radius 1 is 0.897 bits per heavy atom. The first-order valence-electron chi connectivity index (χ1n) is 8.94. The van der Waals surface area contributed by atoms with Gasteiger partial charge in [-0.1, -0.05) is 24.3 Å². The Balaban J connectivity index is 1.62. The number of benzene rings is 3. The molecule has 3 rings (SSSR count). The summed E-state index contributed by atoms with van der Waals surface area (Å²) in [5.41, 5.74) is 2.08. The lowest BCUT2D eigenvalue weighted by Crippen LogP contribution is -2.32. The Kier molecular flexibility index (Phi) is 6.09. The molecule has 0 heterocycles. The summed E-state index contributed by atoms with van der Waals surface area (Å²) in [6.07, 6.45) is 0. The number of rotatable bonds is 6. The smallest absolute Gasteiger partial charge is 0.246 e. The zero-order valence-corrected chi connectivity index (χ0v) is 15.7. The number of carbonyl (C=O) groups excluding carboxylic acids is 1. The van der Waals surface area contributed by atoms with Crippen molar-refractivity contribution in [3.8, 4) is 23.6 Å². The number of nitrogens with zero attached hydrogens (tertiary/aromatic N) is 2. The van der Waals surface area contributed by atoms with E-state index in [0.717, 1.165) is 5.69 Å². The highest BCUT2D eigenvalue weighted by atomic mass is 16.5. The van der Waals surface area contributed by atoms with Gasteiger partial charge in [0.25, 0.3) is 0 Å². The number of nitriles is 2. The van der Waals surface area contributed by atoms with Crippen molar-refractivity contribution in [2.45, 2.75) is 13.0 Å². The molecule has 0 aliphatic rings. The van der Waals surface area contributed by atoms with Crippen molar-refractivity contribution < 1.29 is 9.53 Å². The third-order valence-corrected chi connectivity index (χ3v) is 4.17. The van der Waals surface area contributed by atoms with Gasteiger partial charge in [-0.2, -0.15) is 10.5 Å². The maximum Gasteiger partial charge on any atom is 0.246 e. The first kappa shape index (κ1) is 19.5. The summed E-state index contributed by atoms with van der Waals surface area (Å²) in [6.45, 7) is 1.73. The van der Waals surface area contributed by atoms with E-state index in [0.29, 0.717) is 28.3 Å². The second-order valence-electron chi connectivity index (χ2n) is 6.25. The topological polar surface area (TPSA) is 97.9 Å². The fourth-order valence-corrected chi connectivity index (χ4v) is 2.64. The van der Waals surface area contributed by atoms with Gasteiger partial charge in [-0.05, 0) is 55.5 Å². The van der Waals surface area contributed by atoms with Crippen LogP contribution in [-0.4, -0.2) is 11.9 Å². The van der Waals surface area contributed by atoms with Gasteiger partial charge >= 0.3 is 0 Å². The summed E-state index contributed by atoms with van der Waals surface area (Å²) in [6, 6.07) is 24.6. The molecule has 1 atom stereocenters. The highest BCUT2D eigenvalue weighted by Gasteiger charge is 2.14. The number of hydrogen-bond acceptors (Lipinski definition) is 5. The van der Waals surface area contributed by atoms with Crippen LogP contribution in [0.3, 0.4) is 0 Å². The lowest BCUT2D eigenvalue weighted by Gasteiger charge is -2.16. The number of amides is 1. The summed E-state index contributed by atoms with van der Waals surface area (Å²) in [4.78, 5) is 12.4. The zero-order chi connectivity index (χ0) is 20.6. The van der Waals surface area contributed by atoms with Crippen molar-refractivity contribution in [2.24, 2.45) is 0 Å². The van der Waals surface area contributed by atoms with Crippen molar-refractivity contribution in [3.63, 3.8) is 0 Å². The molecule has 0 fully saturated rings. The molecule has 0 aliphatic heterocycles. The van der Waals surface area contributed by atoms with E-state index in [1.807, 2.05) is 0 Å². The number of ether oxygens (including phenoxy) is 1. The van der Waals surface area contributed by atoms with Gasteiger partial charge in [-0.3, -0.25) is 4.79 Å². The summed E-state index contributed by atoms with van der Waals surface area (Å²) in [7, 11) is 0. The minimum atomic E-state index is -0.521. The van der Waals surface area contributed by atoms with Crippen LogP contribution in [0.25, 0.3) is 0 Å². The van der Waals surface area contributed by atoms with Crippen LogP contribution in [0.2, 0.25) is 0 Å². The lowest BCUT2D eigenvalue weighted by molar-refractivity contribution is -0.116. The monoisotopic (exact) mass is 382 g/mol. The van der Waals surface area contributed by atoms with E-state index >= 15 is 0 Å². The quantitative estimate of drug-likeness (QED) is 0.646. The second kappa shape index (κ2) is 9.07. The zero-order valence-electron chi connectivity index (χ0n) is 15.7. The number of anilines is 2. The molecule has 6 heteroatoms. The molecule has 142 valence electrons. The average Bonchev–Trinajstić information content (AvgIpc) is 2.75. The minimum Gasteiger partial charge on any atom is -0.456 e. The molecule has 29 heavy (non-hydrogen) atoms. The van der Waals surface area contributed by atoms with Crippen molar-refractivity contribution in [1.29, 1.82) is 10.5 Å². The van der Waals surface area contributed by atoms with E-state index in [1.54, 1.807) is 79.7 Å². The molecule has 0 saturated carbocycles. The average molecular weight is 382 g/mol. The van der Waals surface area contributed by atoms with Crippen LogP contribution in [0.5, 0.6) is 11.5 Å². The van der Waals surface area contributed by atoms with Gasteiger partial charge < -0.3 is 15.4 Å². The van der Waals surface area contributed by atoms with Crippen molar-refractivity contribution in [1.82, 2.24) is 0 Å². The molecule has 3 aromatic carbocycles. The lowest BCUT2D eigenvalue weighted by atomic mass is 10.2. The Hall–Kier alpha value is -4.29. The van der Waals surface area contributed by atoms with Gasteiger partial charge in [-0.15, -0.1) is 0 Å².